The summed E-state index contributed by atoms with van der Waals surface area (Å²) in [5, 5.41) is 13.9. The molecule has 3 rings (SSSR count). The molecule has 0 aromatic heterocycles. The number of carbonyl (C=O) groups is 1. The van der Waals surface area contributed by atoms with Gasteiger partial charge in [0, 0.05) is 23.1 Å². The van der Waals surface area contributed by atoms with Crippen molar-refractivity contribution in [2.45, 2.75) is 38.3 Å². The van der Waals surface area contributed by atoms with E-state index in [4.69, 9.17) is 0 Å². The highest BCUT2D eigenvalue weighted by Crippen LogP contribution is 2.43. The molecule has 5 heteroatoms. The molecule has 108 valence electrons. The van der Waals surface area contributed by atoms with Crippen LogP contribution in [0.1, 0.15) is 36.8 Å². The summed E-state index contributed by atoms with van der Waals surface area (Å²) < 4.78 is 0.826. The van der Waals surface area contributed by atoms with Crippen LogP contribution in [0.3, 0.4) is 0 Å². The normalized spacial score (nSPS) is 27.1. The van der Waals surface area contributed by atoms with Gasteiger partial charge in [-0.15, -0.1) is 0 Å². The molecular formula is C15H19BrN2O2. The molecule has 2 N–H and O–H groups in total. The van der Waals surface area contributed by atoms with Gasteiger partial charge in [0.25, 0.3) is 5.91 Å². The number of hydrogen-bond donors (Lipinski definition) is 2. The van der Waals surface area contributed by atoms with E-state index in [2.05, 4.69) is 21.2 Å². The summed E-state index contributed by atoms with van der Waals surface area (Å²) in [6, 6.07) is 3.86. The Morgan fingerprint density at radius 1 is 1.25 bits per heavy atom. The van der Waals surface area contributed by atoms with Gasteiger partial charge in [0.15, 0.2) is 0 Å². The summed E-state index contributed by atoms with van der Waals surface area (Å²) in [4.78, 5) is 14.3. The van der Waals surface area contributed by atoms with Gasteiger partial charge in [-0.25, -0.2) is 0 Å². The number of anilines is 1. The second-order valence-electron chi connectivity index (χ2n) is 5.70. The van der Waals surface area contributed by atoms with Crippen molar-refractivity contribution in [2.24, 2.45) is 0 Å². The Hall–Kier alpha value is -0.910. The lowest BCUT2D eigenvalue weighted by Gasteiger charge is -2.34. The monoisotopic (exact) mass is 338 g/mol. The topological polar surface area (TPSA) is 52.6 Å². The van der Waals surface area contributed by atoms with Crippen molar-refractivity contribution in [2.75, 3.05) is 18.4 Å². The molecule has 0 unspecified atom stereocenters. The van der Waals surface area contributed by atoms with Crippen LogP contribution in [0.5, 0.6) is 0 Å². The van der Waals surface area contributed by atoms with Gasteiger partial charge in [-0.2, -0.15) is 0 Å². The van der Waals surface area contributed by atoms with E-state index in [1.807, 2.05) is 24.0 Å². The minimum absolute atomic E-state index is 0.333. The summed E-state index contributed by atoms with van der Waals surface area (Å²) >= 11 is 3.47. The highest BCUT2D eigenvalue weighted by atomic mass is 79.9. The van der Waals surface area contributed by atoms with Crippen LogP contribution in [0.4, 0.5) is 5.69 Å². The standard InChI is InChI=1S/C15H19BrN2O2/c1-10-8-11-13(12(16)9-10)17-14(19)15(11,20)18-6-4-2-3-5-7-18/h8-9,20H,2-7H2,1H3,(H,17,19)/t15-/m1/s1. The molecule has 1 atom stereocenters. The summed E-state index contributed by atoms with van der Waals surface area (Å²) in [5.41, 5.74) is 0.887. The SMILES string of the molecule is Cc1cc(Br)c2c(c1)[C@](O)(N1CCCCCC1)C(=O)N2. The quantitative estimate of drug-likeness (QED) is 0.827. The largest absolute Gasteiger partial charge is 0.364 e. The van der Waals surface area contributed by atoms with Crippen molar-refractivity contribution in [1.82, 2.24) is 4.90 Å². The molecule has 0 spiro atoms. The molecule has 0 saturated carbocycles. The van der Waals surface area contributed by atoms with Crippen molar-refractivity contribution in [3.63, 3.8) is 0 Å². The van der Waals surface area contributed by atoms with E-state index in [0.717, 1.165) is 36.0 Å². The predicted octanol–water partition coefficient (Wildman–Crippen LogP) is 2.73. The van der Waals surface area contributed by atoms with Crippen LogP contribution in [0.2, 0.25) is 0 Å². The van der Waals surface area contributed by atoms with Crippen molar-refractivity contribution < 1.29 is 9.90 Å². The van der Waals surface area contributed by atoms with Gasteiger partial charge in [0.2, 0.25) is 5.72 Å². The molecule has 1 saturated heterocycles. The maximum absolute atomic E-state index is 12.4. The van der Waals surface area contributed by atoms with E-state index < -0.39 is 5.72 Å². The summed E-state index contributed by atoms with van der Waals surface area (Å²) in [6.07, 6.45) is 4.38. The number of halogens is 1. The molecule has 20 heavy (non-hydrogen) atoms. The molecular weight excluding hydrogens is 320 g/mol. The highest BCUT2D eigenvalue weighted by Gasteiger charge is 2.50. The van der Waals surface area contributed by atoms with Crippen LogP contribution < -0.4 is 5.32 Å². The second-order valence-corrected chi connectivity index (χ2v) is 6.55. The third kappa shape index (κ3) is 2.08. The lowest BCUT2D eigenvalue weighted by molar-refractivity contribution is -0.158. The highest BCUT2D eigenvalue weighted by molar-refractivity contribution is 9.10. The van der Waals surface area contributed by atoms with E-state index in [-0.39, 0.29) is 5.91 Å². The summed E-state index contributed by atoms with van der Waals surface area (Å²) in [6.45, 7) is 3.49. The second kappa shape index (κ2) is 5.13. The fourth-order valence-electron chi connectivity index (χ4n) is 3.18. The number of rotatable bonds is 1. The number of carbonyl (C=O) groups excluding carboxylic acids is 1. The molecule has 1 aromatic carbocycles. The summed E-state index contributed by atoms with van der Waals surface area (Å²) in [5.74, 6) is -0.333. The molecule has 1 amide bonds. The Kier molecular flexibility index (Phi) is 3.60. The van der Waals surface area contributed by atoms with E-state index in [0.29, 0.717) is 11.3 Å². The number of likely N-dealkylation sites (tertiary alicyclic amines) is 1. The van der Waals surface area contributed by atoms with Crippen LogP contribution in [0.15, 0.2) is 16.6 Å². The van der Waals surface area contributed by atoms with Gasteiger partial charge in [0.05, 0.1) is 5.69 Å². The van der Waals surface area contributed by atoms with Crippen LogP contribution in [-0.2, 0) is 10.5 Å². The van der Waals surface area contributed by atoms with Crippen LogP contribution in [0, 0.1) is 6.92 Å². The van der Waals surface area contributed by atoms with E-state index in [9.17, 15) is 9.90 Å². The van der Waals surface area contributed by atoms with E-state index >= 15 is 0 Å². The number of amides is 1. The van der Waals surface area contributed by atoms with Crippen molar-refractivity contribution in [1.29, 1.82) is 0 Å². The Morgan fingerprint density at radius 2 is 1.90 bits per heavy atom. The summed E-state index contributed by atoms with van der Waals surface area (Å²) in [7, 11) is 0. The molecule has 2 heterocycles. The Balaban J connectivity index is 2.07. The first-order valence-corrected chi connectivity index (χ1v) is 7.92. The maximum Gasteiger partial charge on any atom is 0.277 e. The molecule has 1 fully saturated rings. The first-order chi connectivity index (χ1) is 9.53. The predicted molar refractivity (Wildman–Crippen MR) is 81.4 cm³/mol. The van der Waals surface area contributed by atoms with Gasteiger partial charge in [-0.1, -0.05) is 12.8 Å². The lowest BCUT2D eigenvalue weighted by Crippen LogP contribution is -2.51. The zero-order valence-corrected chi connectivity index (χ0v) is 13.2. The van der Waals surface area contributed by atoms with Crippen molar-refractivity contribution in [3.05, 3.63) is 27.7 Å². The number of fused-ring (bicyclic) bond motifs is 1. The van der Waals surface area contributed by atoms with Crippen LogP contribution in [-0.4, -0.2) is 29.0 Å². The molecule has 0 aliphatic carbocycles. The zero-order chi connectivity index (χ0) is 14.3. The molecule has 2 aliphatic rings. The number of benzene rings is 1. The van der Waals surface area contributed by atoms with Gasteiger partial charge in [0.1, 0.15) is 0 Å². The number of aliphatic hydroxyl groups is 1. The zero-order valence-electron chi connectivity index (χ0n) is 11.6. The van der Waals surface area contributed by atoms with Gasteiger partial charge >= 0.3 is 0 Å². The molecule has 1 aromatic rings. The number of aryl methyl sites for hydroxylation is 1. The molecule has 4 nitrogen and oxygen atoms in total. The smallest absolute Gasteiger partial charge is 0.277 e. The third-order valence-electron chi connectivity index (χ3n) is 4.23. The maximum atomic E-state index is 12.4. The van der Waals surface area contributed by atoms with Gasteiger partial charge in [-0.05, 0) is 53.4 Å². The van der Waals surface area contributed by atoms with E-state index in [1.165, 1.54) is 12.8 Å². The minimum atomic E-state index is -1.52. The van der Waals surface area contributed by atoms with Crippen molar-refractivity contribution >= 4 is 27.5 Å². The number of nitrogens with zero attached hydrogens (tertiary/aromatic N) is 1. The van der Waals surface area contributed by atoms with Crippen LogP contribution >= 0.6 is 15.9 Å². The fourth-order valence-corrected chi connectivity index (χ4v) is 3.85. The van der Waals surface area contributed by atoms with Gasteiger partial charge in [-0.3, -0.25) is 9.69 Å². The first-order valence-electron chi connectivity index (χ1n) is 7.13. The molecule has 0 bridgehead atoms. The molecule has 0 radical (unpaired) electrons. The number of nitrogens with one attached hydrogen (secondary N) is 1. The Bertz CT molecular complexity index is 553. The number of hydrogen-bond acceptors (Lipinski definition) is 3. The Morgan fingerprint density at radius 3 is 2.55 bits per heavy atom. The van der Waals surface area contributed by atoms with Crippen molar-refractivity contribution in [3.8, 4) is 0 Å². The lowest BCUT2D eigenvalue weighted by atomic mass is 10.00. The Labute approximate surface area is 127 Å². The minimum Gasteiger partial charge on any atom is -0.364 e. The third-order valence-corrected chi connectivity index (χ3v) is 4.85. The first kappa shape index (κ1) is 14.0. The molecule has 2 aliphatic heterocycles. The van der Waals surface area contributed by atoms with E-state index in [1.54, 1.807) is 0 Å². The fraction of sp³-hybridized carbons (Fsp3) is 0.533. The average Bonchev–Trinajstić information content (AvgIpc) is 2.63. The van der Waals surface area contributed by atoms with Gasteiger partial charge < -0.3 is 10.4 Å². The van der Waals surface area contributed by atoms with Crippen LogP contribution in [0.25, 0.3) is 0 Å². The average molecular weight is 339 g/mol.